The van der Waals surface area contributed by atoms with E-state index in [0.717, 1.165) is 42.1 Å². The second-order valence-corrected chi connectivity index (χ2v) is 8.02. The molecule has 0 aliphatic carbocycles. The van der Waals surface area contributed by atoms with Gasteiger partial charge in [0.2, 0.25) is 5.91 Å². The van der Waals surface area contributed by atoms with Crippen molar-refractivity contribution >= 4 is 23.7 Å². The maximum absolute atomic E-state index is 11.7. The van der Waals surface area contributed by atoms with Gasteiger partial charge in [-0.25, -0.2) is 4.79 Å². The molecule has 4 rings (SSSR count). The van der Waals surface area contributed by atoms with Crippen LogP contribution in [0, 0.1) is 0 Å². The first-order valence-electron chi connectivity index (χ1n) is 9.65. The molecule has 1 aromatic carbocycles. The molecular formula is C19H24N6O2S. The Bertz CT molecular complexity index is 818. The Morgan fingerprint density at radius 2 is 1.86 bits per heavy atom. The molecule has 0 spiro atoms. The predicted octanol–water partition coefficient (Wildman–Crippen LogP) is 1.90. The highest BCUT2D eigenvalue weighted by atomic mass is 32.2. The molecule has 2 aliphatic rings. The fourth-order valence-corrected chi connectivity index (χ4v) is 4.44. The minimum Gasteiger partial charge on any atom is -0.329 e. The molecule has 8 nitrogen and oxygen atoms in total. The van der Waals surface area contributed by atoms with Crippen LogP contribution >= 0.6 is 11.8 Å². The number of thioether (sulfide) groups is 1. The second-order valence-electron chi connectivity index (χ2n) is 6.96. The Hall–Kier alpha value is -2.39. The van der Waals surface area contributed by atoms with Gasteiger partial charge in [-0.15, -0.1) is 10.2 Å². The van der Waals surface area contributed by atoms with Crippen molar-refractivity contribution in [3.63, 3.8) is 0 Å². The topological polar surface area (TPSA) is 83.4 Å². The average Bonchev–Trinajstić information content (AvgIpc) is 3.43. The Morgan fingerprint density at radius 3 is 2.57 bits per heavy atom. The first-order chi connectivity index (χ1) is 13.7. The smallest absolute Gasteiger partial charge is 0.324 e. The zero-order valence-electron chi connectivity index (χ0n) is 15.7. The molecule has 3 heterocycles. The van der Waals surface area contributed by atoms with E-state index in [4.69, 9.17) is 0 Å². The van der Waals surface area contributed by atoms with E-state index in [2.05, 4.69) is 37.1 Å². The summed E-state index contributed by atoms with van der Waals surface area (Å²) in [6.07, 6.45) is 3.20. The molecular weight excluding hydrogens is 376 g/mol. The van der Waals surface area contributed by atoms with Crippen LogP contribution in [0.3, 0.4) is 0 Å². The maximum atomic E-state index is 11.7. The van der Waals surface area contributed by atoms with Crippen LogP contribution in [-0.2, 0) is 11.3 Å². The summed E-state index contributed by atoms with van der Waals surface area (Å²) in [6.45, 7) is 3.54. The summed E-state index contributed by atoms with van der Waals surface area (Å²) in [4.78, 5) is 27.0. The first kappa shape index (κ1) is 18.9. The molecule has 1 N–H and O–H groups in total. The lowest BCUT2D eigenvalue weighted by atomic mass is 10.3. The lowest BCUT2D eigenvalue weighted by Crippen LogP contribution is -2.32. The summed E-state index contributed by atoms with van der Waals surface area (Å²) in [7, 11) is 0. The Morgan fingerprint density at radius 1 is 1.07 bits per heavy atom. The molecule has 2 aromatic rings. The van der Waals surface area contributed by atoms with Crippen molar-refractivity contribution < 1.29 is 9.59 Å². The van der Waals surface area contributed by atoms with Crippen molar-refractivity contribution in [3.05, 3.63) is 36.2 Å². The number of hydrogen-bond acceptors (Lipinski definition) is 6. The van der Waals surface area contributed by atoms with Gasteiger partial charge in [0.25, 0.3) is 0 Å². The third-order valence-electron chi connectivity index (χ3n) is 4.97. The Labute approximate surface area is 168 Å². The number of carbonyl (C=O) groups excluding carboxylic acids is 2. The van der Waals surface area contributed by atoms with E-state index in [1.54, 1.807) is 11.8 Å². The number of nitrogens with zero attached hydrogens (tertiary/aromatic N) is 5. The van der Waals surface area contributed by atoms with Gasteiger partial charge < -0.3 is 5.32 Å². The number of aromatic nitrogens is 3. The van der Waals surface area contributed by atoms with Crippen molar-refractivity contribution in [1.82, 2.24) is 29.9 Å². The van der Waals surface area contributed by atoms with Gasteiger partial charge in [-0.05, 0) is 44.5 Å². The summed E-state index contributed by atoms with van der Waals surface area (Å²) in [6, 6.07) is 9.86. The van der Waals surface area contributed by atoms with Crippen LogP contribution in [-0.4, -0.2) is 68.4 Å². The fraction of sp³-hybridized carbons (Fsp3) is 0.474. The van der Waals surface area contributed by atoms with Crippen molar-refractivity contribution in [2.24, 2.45) is 0 Å². The van der Waals surface area contributed by atoms with Crippen LogP contribution in [0.1, 0.15) is 25.1 Å². The second kappa shape index (κ2) is 8.74. The Kier molecular flexibility index (Phi) is 5.92. The van der Waals surface area contributed by atoms with E-state index < -0.39 is 0 Å². The number of likely N-dealkylation sites (tertiary alicyclic amines) is 1. The lowest BCUT2D eigenvalue weighted by Gasteiger charge is -2.16. The first-order valence-corrected chi connectivity index (χ1v) is 10.6. The molecule has 0 bridgehead atoms. The number of hydrogen-bond donors (Lipinski definition) is 1. The number of urea groups is 1. The van der Waals surface area contributed by atoms with Gasteiger partial charge in [-0.1, -0.05) is 30.0 Å². The molecule has 1 aromatic heterocycles. The van der Waals surface area contributed by atoms with Crippen molar-refractivity contribution in [1.29, 1.82) is 0 Å². The van der Waals surface area contributed by atoms with Gasteiger partial charge in [-0.2, -0.15) is 0 Å². The fourth-order valence-electron chi connectivity index (χ4n) is 3.54. The highest BCUT2D eigenvalue weighted by molar-refractivity contribution is 7.99. The van der Waals surface area contributed by atoms with E-state index >= 15 is 0 Å². The zero-order valence-corrected chi connectivity index (χ0v) is 16.5. The van der Waals surface area contributed by atoms with Crippen LogP contribution in [0.25, 0.3) is 5.69 Å². The molecule has 0 atom stereocenters. The van der Waals surface area contributed by atoms with E-state index in [0.29, 0.717) is 13.0 Å². The molecule has 0 saturated carbocycles. The van der Waals surface area contributed by atoms with Gasteiger partial charge in [0.1, 0.15) is 0 Å². The third kappa shape index (κ3) is 4.20. The van der Waals surface area contributed by atoms with Gasteiger partial charge in [0, 0.05) is 18.0 Å². The minimum absolute atomic E-state index is 0.105. The zero-order chi connectivity index (χ0) is 19.3. The number of nitrogens with one attached hydrogen (secondary N) is 1. The van der Waals surface area contributed by atoms with Crippen LogP contribution in [0.4, 0.5) is 4.79 Å². The molecule has 2 saturated heterocycles. The lowest BCUT2D eigenvalue weighted by molar-refractivity contribution is -0.124. The summed E-state index contributed by atoms with van der Waals surface area (Å²) in [5.41, 5.74) is 1.05. The summed E-state index contributed by atoms with van der Waals surface area (Å²) in [5, 5.41) is 12.3. The molecule has 28 heavy (non-hydrogen) atoms. The standard InChI is InChI=1S/C19H24N6O2S/c26-17-13-20-18(27)24(17)11-6-12-28-19-22-21-16(14-23-9-4-5-10-23)25(19)15-7-2-1-3-8-15/h1-3,7-8H,4-6,9-14H2,(H,20,27). The van der Waals surface area contributed by atoms with Crippen molar-refractivity contribution in [3.8, 4) is 5.69 Å². The third-order valence-corrected chi connectivity index (χ3v) is 5.99. The summed E-state index contributed by atoms with van der Waals surface area (Å²) >= 11 is 1.61. The van der Waals surface area contributed by atoms with E-state index in [9.17, 15) is 9.59 Å². The van der Waals surface area contributed by atoms with Gasteiger partial charge in [0.15, 0.2) is 11.0 Å². The van der Waals surface area contributed by atoms with E-state index in [1.165, 1.54) is 17.7 Å². The van der Waals surface area contributed by atoms with Crippen LogP contribution < -0.4 is 5.32 Å². The normalized spacial score (nSPS) is 17.5. The van der Waals surface area contributed by atoms with Gasteiger partial charge in [0.05, 0.1) is 13.1 Å². The molecule has 0 radical (unpaired) electrons. The SMILES string of the molecule is O=C1CNC(=O)N1CCCSc1nnc(CN2CCCC2)n1-c1ccccc1. The predicted molar refractivity (Wildman–Crippen MR) is 106 cm³/mol. The molecule has 3 amide bonds. The molecule has 2 aliphatic heterocycles. The highest BCUT2D eigenvalue weighted by Gasteiger charge is 2.27. The van der Waals surface area contributed by atoms with Crippen LogP contribution in [0.2, 0.25) is 0 Å². The largest absolute Gasteiger partial charge is 0.329 e. The van der Waals surface area contributed by atoms with Crippen molar-refractivity contribution in [2.45, 2.75) is 31.0 Å². The average molecular weight is 401 g/mol. The monoisotopic (exact) mass is 400 g/mol. The van der Waals surface area contributed by atoms with Gasteiger partial charge in [-0.3, -0.25) is 19.2 Å². The number of carbonyl (C=O) groups is 2. The van der Waals surface area contributed by atoms with Crippen molar-refractivity contribution in [2.75, 3.05) is 31.9 Å². The number of rotatable bonds is 8. The highest BCUT2D eigenvalue weighted by Crippen LogP contribution is 2.24. The summed E-state index contributed by atoms with van der Waals surface area (Å²) < 4.78 is 2.12. The van der Waals surface area contributed by atoms with E-state index in [-0.39, 0.29) is 18.5 Å². The molecule has 0 unspecified atom stereocenters. The molecule has 9 heteroatoms. The number of imide groups is 1. The number of amides is 3. The summed E-state index contributed by atoms with van der Waals surface area (Å²) in [5.74, 6) is 1.55. The van der Waals surface area contributed by atoms with E-state index in [1.807, 2.05) is 18.2 Å². The maximum Gasteiger partial charge on any atom is 0.324 e. The number of para-hydroxylation sites is 1. The quantitative estimate of drug-likeness (QED) is 0.414. The van der Waals surface area contributed by atoms with Crippen LogP contribution in [0.15, 0.2) is 35.5 Å². The molecule has 2 fully saturated rings. The molecule has 148 valence electrons. The van der Waals surface area contributed by atoms with Gasteiger partial charge >= 0.3 is 6.03 Å². The van der Waals surface area contributed by atoms with Crippen LogP contribution in [0.5, 0.6) is 0 Å². The number of benzene rings is 1. The minimum atomic E-state index is -0.296. The Balaban J connectivity index is 1.43.